The average molecular weight is 407 g/mol. The highest BCUT2D eigenvalue weighted by molar-refractivity contribution is 5.79. The van der Waals surface area contributed by atoms with Gasteiger partial charge in [0.25, 0.3) is 0 Å². The van der Waals surface area contributed by atoms with E-state index in [9.17, 15) is 4.79 Å². The summed E-state index contributed by atoms with van der Waals surface area (Å²) in [6.07, 6.45) is 5.55. The maximum absolute atomic E-state index is 12.8. The van der Waals surface area contributed by atoms with Crippen LogP contribution in [0.3, 0.4) is 0 Å². The van der Waals surface area contributed by atoms with Crippen LogP contribution in [0.25, 0.3) is 0 Å². The van der Waals surface area contributed by atoms with Crippen LogP contribution in [-0.2, 0) is 9.53 Å². The van der Waals surface area contributed by atoms with Gasteiger partial charge in [-0.05, 0) is 56.3 Å². The molecule has 0 saturated carbocycles. The summed E-state index contributed by atoms with van der Waals surface area (Å²) in [5.74, 6) is 0.625. The lowest BCUT2D eigenvalue weighted by atomic mass is 9.94. The van der Waals surface area contributed by atoms with Crippen LogP contribution in [0.1, 0.15) is 49.3 Å². The highest BCUT2D eigenvalue weighted by atomic mass is 16.5. The Morgan fingerprint density at radius 3 is 1.97 bits per heavy atom. The molecular formula is C26H34N2O2. The number of ether oxygens (including phenoxy) is 1. The summed E-state index contributed by atoms with van der Waals surface area (Å²) < 4.78 is 6.37. The number of likely N-dealkylation sites (tertiary alicyclic amines) is 2. The van der Waals surface area contributed by atoms with Crippen LogP contribution in [0.5, 0.6) is 0 Å². The van der Waals surface area contributed by atoms with E-state index in [1.807, 2.05) is 12.1 Å². The van der Waals surface area contributed by atoms with Gasteiger partial charge in [0.05, 0.1) is 6.61 Å². The summed E-state index contributed by atoms with van der Waals surface area (Å²) in [5.41, 5.74) is 2.38. The van der Waals surface area contributed by atoms with E-state index in [1.54, 1.807) is 0 Å². The van der Waals surface area contributed by atoms with Crippen molar-refractivity contribution in [1.82, 2.24) is 9.80 Å². The largest absolute Gasteiger partial charge is 0.367 e. The van der Waals surface area contributed by atoms with Crippen molar-refractivity contribution in [1.29, 1.82) is 0 Å². The summed E-state index contributed by atoms with van der Waals surface area (Å²) in [7, 11) is 0. The fraction of sp³-hybridized carbons (Fsp3) is 0.500. The van der Waals surface area contributed by atoms with Gasteiger partial charge in [-0.1, -0.05) is 60.7 Å². The van der Waals surface area contributed by atoms with Gasteiger partial charge in [-0.2, -0.15) is 0 Å². The number of amides is 1. The summed E-state index contributed by atoms with van der Waals surface area (Å²) in [5, 5.41) is 0. The van der Waals surface area contributed by atoms with Crippen molar-refractivity contribution in [2.45, 2.75) is 38.2 Å². The second-order valence-corrected chi connectivity index (χ2v) is 8.57. The molecule has 4 rings (SSSR count). The normalized spacial score (nSPS) is 18.6. The minimum Gasteiger partial charge on any atom is -0.367 e. The molecule has 0 aliphatic carbocycles. The standard InChI is InChI=1S/C26H34N2O2/c29-26(28-16-8-3-9-17-28)24-14-18-27(19-15-24)20-21-30-25(22-10-4-1-5-11-22)23-12-6-2-7-13-23/h1-2,4-7,10-13,24-25H,3,8-9,14-21H2. The van der Waals surface area contributed by atoms with E-state index in [0.29, 0.717) is 12.5 Å². The molecule has 2 aliphatic heterocycles. The predicted octanol–water partition coefficient (Wildman–Crippen LogP) is 4.52. The van der Waals surface area contributed by atoms with Crippen molar-refractivity contribution in [2.24, 2.45) is 5.92 Å². The zero-order valence-corrected chi connectivity index (χ0v) is 17.9. The molecule has 0 N–H and O–H groups in total. The Balaban J connectivity index is 1.26. The van der Waals surface area contributed by atoms with E-state index < -0.39 is 0 Å². The fourth-order valence-electron chi connectivity index (χ4n) is 4.72. The second kappa shape index (κ2) is 10.7. The quantitative estimate of drug-likeness (QED) is 0.678. The number of piperidine rings is 2. The molecule has 2 aromatic rings. The Bertz CT molecular complexity index is 727. The molecule has 4 heteroatoms. The van der Waals surface area contributed by atoms with Crippen LogP contribution < -0.4 is 0 Å². The van der Waals surface area contributed by atoms with Gasteiger partial charge in [0.15, 0.2) is 0 Å². The minimum absolute atomic E-state index is 0.0365. The molecule has 2 saturated heterocycles. The summed E-state index contributed by atoms with van der Waals surface area (Å²) in [6.45, 7) is 5.53. The van der Waals surface area contributed by atoms with Crippen molar-refractivity contribution in [2.75, 3.05) is 39.3 Å². The van der Waals surface area contributed by atoms with Gasteiger partial charge >= 0.3 is 0 Å². The van der Waals surface area contributed by atoms with Crippen molar-refractivity contribution >= 4 is 5.91 Å². The van der Waals surface area contributed by atoms with Gasteiger partial charge in [0.1, 0.15) is 6.10 Å². The highest BCUT2D eigenvalue weighted by Crippen LogP contribution is 2.26. The van der Waals surface area contributed by atoms with Gasteiger partial charge in [-0.25, -0.2) is 0 Å². The number of hydrogen-bond donors (Lipinski definition) is 0. The molecule has 4 nitrogen and oxygen atoms in total. The number of nitrogens with zero attached hydrogens (tertiary/aromatic N) is 2. The van der Waals surface area contributed by atoms with E-state index in [0.717, 1.165) is 45.6 Å². The zero-order valence-electron chi connectivity index (χ0n) is 17.9. The fourth-order valence-corrected chi connectivity index (χ4v) is 4.72. The number of carbonyl (C=O) groups is 1. The van der Waals surface area contributed by atoms with Crippen molar-refractivity contribution in [3.8, 4) is 0 Å². The number of hydrogen-bond acceptors (Lipinski definition) is 3. The summed E-state index contributed by atoms with van der Waals surface area (Å²) in [4.78, 5) is 17.3. The molecule has 1 amide bonds. The molecule has 160 valence electrons. The summed E-state index contributed by atoms with van der Waals surface area (Å²) >= 11 is 0. The molecule has 2 aromatic carbocycles. The van der Waals surface area contributed by atoms with Crippen molar-refractivity contribution in [3.05, 3.63) is 71.8 Å². The number of rotatable bonds is 7. The lowest BCUT2D eigenvalue weighted by Gasteiger charge is -2.35. The molecule has 0 bridgehead atoms. The average Bonchev–Trinajstić information content (AvgIpc) is 2.83. The molecular weight excluding hydrogens is 372 g/mol. The maximum Gasteiger partial charge on any atom is 0.225 e. The first-order valence-corrected chi connectivity index (χ1v) is 11.5. The third-order valence-corrected chi connectivity index (χ3v) is 6.50. The van der Waals surface area contributed by atoms with Crippen LogP contribution in [0.4, 0.5) is 0 Å². The molecule has 2 heterocycles. The number of benzene rings is 2. The summed E-state index contributed by atoms with van der Waals surface area (Å²) in [6, 6.07) is 20.9. The van der Waals surface area contributed by atoms with E-state index in [2.05, 4.69) is 58.3 Å². The topological polar surface area (TPSA) is 32.8 Å². The van der Waals surface area contributed by atoms with Gasteiger partial charge in [0, 0.05) is 25.6 Å². The van der Waals surface area contributed by atoms with Crippen LogP contribution >= 0.6 is 0 Å². The molecule has 0 radical (unpaired) electrons. The SMILES string of the molecule is O=C(C1CCN(CCOC(c2ccccc2)c2ccccc2)CC1)N1CCCCC1. The van der Waals surface area contributed by atoms with Crippen LogP contribution in [-0.4, -0.2) is 55.0 Å². The Morgan fingerprint density at radius 1 is 0.833 bits per heavy atom. The molecule has 2 fully saturated rings. The predicted molar refractivity (Wildman–Crippen MR) is 120 cm³/mol. The van der Waals surface area contributed by atoms with Gasteiger partial charge in [0.2, 0.25) is 5.91 Å². The zero-order chi connectivity index (χ0) is 20.6. The monoisotopic (exact) mass is 406 g/mol. The van der Waals surface area contributed by atoms with Crippen molar-refractivity contribution in [3.63, 3.8) is 0 Å². The smallest absolute Gasteiger partial charge is 0.225 e. The minimum atomic E-state index is -0.0365. The first-order valence-electron chi connectivity index (χ1n) is 11.5. The lowest BCUT2D eigenvalue weighted by Crippen LogP contribution is -2.44. The van der Waals surface area contributed by atoms with E-state index >= 15 is 0 Å². The molecule has 0 aromatic heterocycles. The third-order valence-electron chi connectivity index (χ3n) is 6.50. The van der Waals surface area contributed by atoms with Crippen molar-refractivity contribution < 1.29 is 9.53 Å². The Morgan fingerprint density at radius 2 is 1.40 bits per heavy atom. The highest BCUT2D eigenvalue weighted by Gasteiger charge is 2.29. The molecule has 2 aliphatic rings. The van der Waals surface area contributed by atoms with E-state index in [4.69, 9.17) is 4.74 Å². The second-order valence-electron chi connectivity index (χ2n) is 8.57. The van der Waals surface area contributed by atoms with Crippen LogP contribution in [0.15, 0.2) is 60.7 Å². The Hall–Kier alpha value is -2.17. The molecule has 0 unspecified atom stereocenters. The maximum atomic E-state index is 12.8. The Labute approximate surface area is 180 Å². The van der Waals surface area contributed by atoms with E-state index in [1.165, 1.54) is 30.4 Å². The van der Waals surface area contributed by atoms with Crippen LogP contribution in [0, 0.1) is 5.92 Å². The first-order chi connectivity index (χ1) is 14.8. The molecule has 0 spiro atoms. The lowest BCUT2D eigenvalue weighted by molar-refractivity contribution is -0.138. The number of carbonyl (C=O) groups excluding carboxylic acids is 1. The van der Waals surface area contributed by atoms with Gasteiger partial charge in [-0.15, -0.1) is 0 Å². The van der Waals surface area contributed by atoms with Crippen LogP contribution in [0.2, 0.25) is 0 Å². The Kier molecular flexibility index (Phi) is 7.54. The third kappa shape index (κ3) is 5.50. The van der Waals surface area contributed by atoms with Gasteiger partial charge in [-0.3, -0.25) is 4.79 Å². The first kappa shape index (κ1) is 21.1. The molecule has 0 atom stereocenters. The molecule has 30 heavy (non-hydrogen) atoms. The van der Waals surface area contributed by atoms with E-state index in [-0.39, 0.29) is 12.0 Å². The van der Waals surface area contributed by atoms with Gasteiger partial charge < -0.3 is 14.5 Å².